The summed E-state index contributed by atoms with van der Waals surface area (Å²) in [6, 6.07) is 11.7. The van der Waals surface area contributed by atoms with Gasteiger partial charge in [0.1, 0.15) is 17.4 Å². The molecule has 0 atom stereocenters. The molecule has 0 radical (unpaired) electrons. The van der Waals surface area contributed by atoms with E-state index in [1.807, 2.05) is 25.1 Å². The lowest BCUT2D eigenvalue weighted by Gasteiger charge is -2.10. The Kier molecular flexibility index (Phi) is 3.16. The largest absolute Gasteiger partial charge is 0.398 e. The maximum Gasteiger partial charge on any atom is 0.143 e. The maximum atomic E-state index is 13.4. The number of anilines is 3. The molecular formula is C14H12FN3. The van der Waals surface area contributed by atoms with E-state index < -0.39 is 5.82 Å². The van der Waals surface area contributed by atoms with Crippen LogP contribution in [0.3, 0.4) is 0 Å². The molecule has 0 aliphatic carbocycles. The van der Waals surface area contributed by atoms with Crippen LogP contribution in [0, 0.1) is 24.1 Å². The van der Waals surface area contributed by atoms with Gasteiger partial charge in [-0.2, -0.15) is 5.26 Å². The van der Waals surface area contributed by atoms with E-state index in [-0.39, 0.29) is 5.56 Å². The topological polar surface area (TPSA) is 61.8 Å². The van der Waals surface area contributed by atoms with E-state index in [4.69, 9.17) is 11.0 Å². The number of hydrogen-bond donors (Lipinski definition) is 2. The predicted octanol–water partition coefficient (Wildman–Crippen LogP) is 3.33. The summed E-state index contributed by atoms with van der Waals surface area (Å²) < 4.78 is 13.4. The standard InChI is InChI=1S/C14H12FN3/c1-9-5-6-10(7-13(9)17)18-14-4-2-3-12(15)11(14)8-16/h2-7,18H,17H2,1H3. The Bertz CT molecular complexity index is 629. The highest BCUT2D eigenvalue weighted by Crippen LogP contribution is 2.24. The Hall–Kier alpha value is -2.54. The number of rotatable bonds is 2. The van der Waals surface area contributed by atoms with E-state index in [9.17, 15) is 4.39 Å². The van der Waals surface area contributed by atoms with Crippen LogP contribution in [0.2, 0.25) is 0 Å². The molecule has 0 heterocycles. The van der Waals surface area contributed by atoms with Gasteiger partial charge in [-0.25, -0.2) is 4.39 Å². The van der Waals surface area contributed by atoms with Gasteiger partial charge in [-0.05, 0) is 36.8 Å². The second-order valence-electron chi connectivity index (χ2n) is 3.97. The van der Waals surface area contributed by atoms with Crippen LogP contribution in [-0.2, 0) is 0 Å². The third-order valence-corrected chi connectivity index (χ3v) is 2.68. The fraction of sp³-hybridized carbons (Fsp3) is 0.0714. The first-order valence-electron chi connectivity index (χ1n) is 5.43. The molecule has 90 valence electrons. The van der Waals surface area contributed by atoms with Crippen LogP contribution < -0.4 is 11.1 Å². The van der Waals surface area contributed by atoms with Gasteiger partial charge in [-0.3, -0.25) is 0 Å². The molecule has 0 fully saturated rings. The lowest BCUT2D eigenvalue weighted by Crippen LogP contribution is -1.97. The SMILES string of the molecule is Cc1ccc(Nc2cccc(F)c2C#N)cc1N. The highest BCUT2D eigenvalue weighted by atomic mass is 19.1. The number of hydrogen-bond acceptors (Lipinski definition) is 3. The predicted molar refractivity (Wildman–Crippen MR) is 70.0 cm³/mol. The first kappa shape index (κ1) is 11.9. The summed E-state index contributed by atoms with van der Waals surface area (Å²) in [6.45, 7) is 1.90. The summed E-state index contributed by atoms with van der Waals surface area (Å²) in [5.41, 5.74) is 8.57. The van der Waals surface area contributed by atoms with E-state index >= 15 is 0 Å². The van der Waals surface area contributed by atoms with E-state index in [2.05, 4.69) is 5.32 Å². The number of nitrogens with one attached hydrogen (secondary N) is 1. The Morgan fingerprint density at radius 1 is 1.28 bits per heavy atom. The fourth-order valence-corrected chi connectivity index (χ4v) is 1.62. The Labute approximate surface area is 105 Å². The van der Waals surface area contributed by atoms with Gasteiger partial charge >= 0.3 is 0 Å². The number of halogens is 1. The lowest BCUT2D eigenvalue weighted by atomic mass is 10.1. The van der Waals surface area contributed by atoms with Crippen LogP contribution >= 0.6 is 0 Å². The molecule has 0 aliphatic rings. The zero-order valence-corrected chi connectivity index (χ0v) is 9.87. The summed E-state index contributed by atoms with van der Waals surface area (Å²) >= 11 is 0. The molecule has 0 unspecified atom stereocenters. The van der Waals surface area contributed by atoms with Crippen molar-refractivity contribution in [3.05, 3.63) is 53.3 Å². The van der Waals surface area contributed by atoms with Gasteiger partial charge in [0, 0.05) is 11.4 Å². The summed E-state index contributed by atoms with van der Waals surface area (Å²) in [5, 5.41) is 11.9. The normalized spacial score (nSPS) is 9.83. The Balaban J connectivity index is 2.37. The number of nitrogens with two attached hydrogens (primary N) is 1. The molecule has 3 N–H and O–H groups in total. The van der Waals surface area contributed by atoms with Crippen molar-refractivity contribution in [2.75, 3.05) is 11.1 Å². The summed E-state index contributed by atoms with van der Waals surface area (Å²) in [5.74, 6) is -0.539. The van der Waals surface area contributed by atoms with Crippen LogP contribution in [0.4, 0.5) is 21.5 Å². The van der Waals surface area contributed by atoms with E-state index in [1.165, 1.54) is 6.07 Å². The van der Waals surface area contributed by atoms with Crippen molar-refractivity contribution in [1.29, 1.82) is 5.26 Å². The van der Waals surface area contributed by atoms with Crippen LogP contribution in [0.25, 0.3) is 0 Å². The molecule has 0 saturated carbocycles. The van der Waals surface area contributed by atoms with Gasteiger partial charge in [0.25, 0.3) is 0 Å². The molecule has 0 aromatic heterocycles. The number of nitrogen functional groups attached to an aromatic ring is 1. The molecule has 2 rings (SSSR count). The third-order valence-electron chi connectivity index (χ3n) is 2.68. The molecule has 0 bridgehead atoms. The smallest absolute Gasteiger partial charge is 0.143 e. The Morgan fingerprint density at radius 2 is 2.06 bits per heavy atom. The minimum atomic E-state index is -0.539. The van der Waals surface area contributed by atoms with Gasteiger partial charge in [0.05, 0.1) is 5.69 Å². The molecule has 4 heteroatoms. The third kappa shape index (κ3) is 2.25. The minimum Gasteiger partial charge on any atom is -0.398 e. The van der Waals surface area contributed by atoms with Gasteiger partial charge in [-0.1, -0.05) is 12.1 Å². The summed E-state index contributed by atoms with van der Waals surface area (Å²) in [7, 11) is 0. The highest BCUT2D eigenvalue weighted by Gasteiger charge is 2.07. The second-order valence-corrected chi connectivity index (χ2v) is 3.97. The van der Waals surface area contributed by atoms with E-state index in [0.717, 1.165) is 11.3 Å². The first-order valence-corrected chi connectivity index (χ1v) is 5.43. The maximum absolute atomic E-state index is 13.4. The van der Waals surface area contributed by atoms with Gasteiger partial charge in [-0.15, -0.1) is 0 Å². The molecule has 0 spiro atoms. The molecule has 0 amide bonds. The van der Waals surface area contributed by atoms with Crippen molar-refractivity contribution in [3.63, 3.8) is 0 Å². The summed E-state index contributed by atoms with van der Waals surface area (Å²) in [6.07, 6.45) is 0. The highest BCUT2D eigenvalue weighted by molar-refractivity contribution is 5.69. The van der Waals surface area contributed by atoms with E-state index in [0.29, 0.717) is 11.4 Å². The Morgan fingerprint density at radius 3 is 2.72 bits per heavy atom. The van der Waals surface area contributed by atoms with Gasteiger partial charge in [0.2, 0.25) is 0 Å². The van der Waals surface area contributed by atoms with Crippen molar-refractivity contribution >= 4 is 17.1 Å². The first-order chi connectivity index (χ1) is 8.61. The molecule has 3 nitrogen and oxygen atoms in total. The summed E-state index contributed by atoms with van der Waals surface area (Å²) in [4.78, 5) is 0. The number of nitrogens with zero attached hydrogens (tertiary/aromatic N) is 1. The minimum absolute atomic E-state index is 0.00311. The van der Waals surface area contributed by atoms with Gasteiger partial charge in [0.15, 0.2) is 0 Å². The molecule has 0 saturated heterocycles. The van der Waals surface area contributed by atoms with Crippen LogP contribution in [0.15, 0.2) is 36.4 Å². The van der Waals surface area contributed by atoms with Crippen molar-refractivity contribution < 1.29 is 4.39 Å². The zero-order chi connectivity index (χ0) is 13.1. The average Bonchev–Trinajstić information content (AvgIpc) is 2.34. The van der Waals surface area contributed by atoms with Gasteiger partial charge < -0.3 is 11.1 Å². The molecular weight excluding hydrogens is 229 g/mol. The quantitative estimate of drug-likeness (QED) is 0.793. The molecule has 18 heavy (non-hydrogen) atoms. The number of nitriles is 1. The molecule has 2 aromatic carbocycles. The van der Waals surface area contributed by atoms with Crippen LogP contribution in [0.1, 0.15) is 11.1 Å². The zero-order valence-electron chi connectivity index (χ0n) is 9.87. The number of benzene rings is 2. The number of aryl methyl sites for hydroxylation is 1. The molecule has 0 aliphatic heterocycles. The average molecular weight is 241 g/mol. The van der Waals surface area contributed by atoms with Crippen LogP contribution in [0.5, 0.6) is 0 Å². The fourth-order valence-electron chi connectivity index (χ4n) is 1.62. The van der Waals surface area contributed by atoms with Crippen molar-refractivity contribution in [3.8, 4) is 6.07 Å². The second kappa shape index (κ2) is 4.76. The van der Waals surface area contributed by atoms with Crippen LogP contribution in [-0.4, -0.2) is 0 Å². The monoisotopic (exact) mass is 241 g/mol. The van der Waals surface area contributed by atoms with E-state index in [1.54, 1.807) is 18.2 Å². The lowest BCUT2D eigenvalue weighted by molar-refractivity contribution is 0.624. The molecule has 2 aromatic rings. The van der Waals surface area contributed by atoms with Crippen molar-refractivity contribution in [2.24, 2.45) is 0 Å². The van der Waals surface area contributed by atoms with Crippen molar-refractivity contribution in [1.82, 2.24) is 0 Å². The van der Waals surface area contributed by atoms with Crippen molar-refractivity contribution in [2.45, 2.75) is 6.92 Å².